The van der Waals surface area contributed by atoms with E-state index in [-0.39, 0.29) is 6.10 Å². The van der Waals surface area contributed by atoms with E-state index in [4.69, 9.17) is 0 Å². The molecule has 0 spiro atoms. The second-order valence-corrected chi connectivity index (χ2v) is 13.7. The molecule has 0 radical (unpaired) electrons. The molecule has 0 bridgehead atoms. The number of aliphatic hydroxyl groups is 1. The van der Waals surface area contributed by atoms with Gasteiger partial charge in [0.2, 0.25) is 0 Å². The summed E-state index contributed by atoms with van der Waals surface area (Å²) in [5, 5.41) is 10.9. The van der Waals surface area contributed by atoms with E-state index in [0.29, 0.717) is 16.7 Å². The van der Waals surface area contributed by atoms with Crippen molar-refractivity contribution < 1.29 is 5.11 Å². The maximum absolute atomic E-state index is 10.9. The topological polar surface area (TPSA) is 20.2 Å². The molecule has 4 saturated carbocycles. The molecule has 0 aliphatic heterocycles. The Morgan fingerprint density at radius 1 is 0.844 bits per heavy atom. The van der Waals surface area contributed by atoms with Crippen molar-refractivity contribution in [3.8, 4) is 0 Å². The van der Waals surface area contributed by atoms with Gasteiger partial charge in [-0.3, -0.25) is 0 Å². The van der Waals surface area contributed by atoms with Gasteiger partial charge in [-0.2, -0.15) is 0 Å². The highest BCUT2D eigenvalue weighted by Gasteiger charge is 2.61. The third-order valence-electron chi connectivity index (χ3n) is 11.8. The zero-order valence-electron chi connectivity index (χ0n) is 22.3. The van der Waals surface area contributed by atoms with Crippen LogP contribution in [0.3, 0.4) is 0 Å². The molecule has 0 aromatic rings. The Bertz CT molecular complexity index is 651. The van der Waals surface area contributed by atoms with Gasteiger partial charge in [-0.15, -0.1) is 0 Å². The molecule has 0 amide bonds. The molecule has 10 atom stereocenters. The standard InChI is InChI=1S/C31H54O/c1-7-8-12-24-27-14-13-23-26-16-15-25(22(4)11-9-10-21(2)3)30(26,5)19-17-28(23)31(27,6)20-18-29(24)32/h7-8,21-29,32H,9-20H2,1-6H3/b8-7+/t22-,23+,24+,25-,26+,27?,28+,29-,30-,31+/m1/s1. The van der Waals surface area contributed by atoms with Gasteiger partial charge in [0.25, 0.3) is 0 Å². The van der Waals surface area contributed by atoms with Gasteiger partial charge in [0.05, 0.1) is 6.10 Å². The highest BCUT2D eigenvalue weighted by atomic mass is 16.3. The van der Waals surface area contributed by atoms with Gasteiger partial charge >= 0.3 is 0 Å². The molecule has 4 rings (SSSR count). The fourth-order valence-electron chi connectivity index (χ4n) is 10.1. The highest BCUT2D eigenvalue weighted by molar-refractivity contribution is 5.11. The van der Waals surface area contributed by atoms with Crippen molar-refractivity contribution >= 4 is 0 Å². The molecular weight excluding hydrogens is 388 g/mol. The minimum atomic E-state index is -0.0720. The van der Waals surface area contributed by atoms with E-state index in [0.717, 1.165) is 54.3 Å². The van der Waals surface area contributed by atoms with Gasteiger partial charge in [-0.1, -0.05) is 66.0 Å². The van der Waals surface area contributed by atoms with Gasteiger partial charge in [-0.05, 0) is 123 Å². The second kappa shape index (κ2) is 9.75. The summed E-state index contributed by atoms with van der Waals surface area (Å²) in [5.41, 5.74) is 1.07. The van der Waals surface area contributed by atoms with Crippen molar-refractivity contribution in [1.29, 1.82) is 0 Å². The number of fused-ring (bicyclic) bond motifs is 5. The van der Waals surface area contributed by atoms with E-state index in [1.807, 2.05) is 0 Å². The summed E-state index contributed by atoms with van der Waals surface area (Å²) < 4.78 is 0. The molecule has 1 heteroatoms. The second-order valence-electron chi connectivity index (χ2n) is 13.7. The average Bonchev–Trinajstić information content (AvgIpc) is 3.10. The van der Waals surface area contributed by atoms with E-state index >= 15 is 0 Å². The molecule has 4 aliphatic carbocycles. The van der Waals surface area contributed by atoms with Gasteiger partial charge in [0.1, 0.15) is 0 Å². The number of hydrogen-bond donors (Lipinski definition) is 1. The number of hydrogen-bond acceptors (Lipinski definition) is 1. The Morgan fingerprint density at radius 2 is 1.53 bits per heavy atom. The minimum absolute atomic E-state index is 0.0720. The Labute approximate surface area is 200 Å². The third kappa shape index (κ3) is 4.27. The number of rotatable bonds is 7. The maximum atomic E-state index is 10.9. The van der Waals surface area contributed by atoms with Crippen LogP contribution in [0.2, 0.25) is 0 Å². The Hall–Kier alpha value is -0.300. The first-order chi connectivity index (χ1) is 15.2. The lowest BCUT2D eigenvalue weighted by atomic mass is 9.43. The summed E-state index contributed by atoms with van der Waals surface area (Å²) in [6.07, 6.45) is 20.9. The summed E-state index contributed by atoms with van der Waals surface area (Å²) in [6, 6.07) is 0. The monoisotopic (exact) mass is 442 g/mol. The van der Waals surface area contributed by atoms with Crippen LogP contribution in [0.1, 0.15) is 119 Å². The van der Waals surface area contributed by atoms with Gasteiger partial charge in [-0.25, -0.2) is 0 Å². The normalized spacial score (nSPS) is 47.3. The molecule has 4 fully saturated rings. The van der Waals surface area contributed by atoms with Crippen LogP contribution in [0.4, 0.5) is 0 Å². The molecule has 0 aromatic carbocycles. The molecule has 1 unspecified atom stereocenters. The van der Waals surface area contributed by atoms with Crippen LogP contribution < -0.4 is 0 Å². The van der Waals surface area contributed by atoms with Crippen LogP contribution in [0.25, 0.3) is 0 Å². The molecular formula is C31H54O. The quantitative estimate of drug-likeness (QED) is 0.391. The lowest BCUT2D eigenvalue weighted by Crippen LogP contribution is -2.56. The van der Waals surface area contributed by atoms with Crippen LogP contribution in [0.5, 0.6) is 0 Å². The predicted octanol–water partition coefficient (Wildman–Crippen LogP) is 8.66. The maximum Gasteiger partial charge on any atom is 0.0574 e. The van der Waals surface area contributed by atoms with Gasteiger partial charge in [0.15, 0.2) is 0 Å². The van der Waals surface area contributed by atoms with Crippen molar-refractivity contribution in [3.63, 3.8) is 0 Å². The summed E-state index contributed by atoms with van der Waals surface area (Å²) >= 11 is 0. The zero-order valence-corrected chi connectivity index (χ0v) is 22.3. The molecule has 184 valence electrons. The zero-order chi connectivity index (χ0) is 23.1. The van der Waals surface area contributed by atoms with Crippen LogP contribution in [0, 0.1) is 58.2 Å². The SMILES string of the molecule is C/C=C/C[C@H]1C2CC[C@H]3[C@@H]4CC[C@H]([C@H](C)CCCC(C)C)[C@@]4(C)CC[C@@H]3[C@@]2(C)CC[C@H]1O. The van der Waals surface area contributed by atoms with E-state index in [1.54, 1.807) is 0 Å². The Balaban J connectivity index is 1.48. The summed E-state index contributed by atoms with van der Waals surface area (Å²) in [5.74, 6) is 6.79. The van der Waals surface area contributed by atoms with E-state index in [9.17, 15) is 5.11 Å². The van der Waals surface area contributed by atoms with Crippen molar-refractivity contribution in [1.82, 2.24) is 0 Å². The summed E-state index contributed by atoms with van der Waals surface area (Å²) in [7, 11) is 0. The number of aliphatic hydroxyl groups excluding tert-OH is 1. The first-order valence-corrected chi connectivity index (χ1v) is 14.5. The third-order valence-corrected chi connectivity index (χ3v) is 11.8. The van der Waals surface area contributed by atoms with E-state index < -0.39 is 0 Å². The van der Waals surface area contributed by atoms with Crippen LogP contribution in [-0.2, 0) is 0 Å². The predicted molar refractivity (Wildman–Crippen MR) is 137 cm³/mol. The Morgan fingerprint density at radius 3 is 2.25 bits per heavy atom. The van der Waals surface area contributed by atoms with Crippen molar-refractivity contribution in [2.75, 3.05) is 0 Å². The average molecular weight is 443 g/mol. The fourth-order valence-corrected chi connectivity index (χ4v) is 10.1. The molecule has 0 aromatic heterocycles. The largest absolute Gasteiger partial charge is 0.393 e. The first kappa shape index (κ1) is 24.8. The van der Waals surface area contributed by atoms with E-state index in [2.05, 4.69) is 53.7 Å². The number of allylic oxidation sites excluding steroid dienone is 2. The van der Waals surface area contributed by atoms with Crippen LogP contribution in [-0.4, -0.2) is 11.2 Å². The first-order valence-electron chi connectivity index (χ1n) is 14.5. The van der Waals surface area contributed by atoms with Crippen molar-refractivity contribution in [3.05, 3.63) is 12.2 Å². The molecule has 4 aliphatic rings. The van der Waals surface area contributed by atoms with Crippen LogP contribution >= 0.6 is 0 Å². The van der Waals surface area contributed by atoms with Gasteiger partial charge < -0.3 is 5.11 Å². The fraction of sp³-hybridized carbons (Fsp3) is 0.935. The highest BCUT2D eigenvalue weighted by Crippen LogP contribution is 2.69. The summed E-state index contributed by atoms with van der Waals surface area (Å²) in [6.45, 7) is 14.9. The lowest BCUT2D eigenvalue weighted by molar-refractivity contribution is -0.152. The molecule has 0 heterocycles. The molecule has 32 heavy (non-hydrogen) atoms. The molecule has 1 N–H and O–H groups in total. The molecule has 0 saturated heterocycles. The lowest BCUT2D eigenvalue weighted by Gasteiger charge is -2.62. The molecule has 1 nitrogen and oxygen atoms in total. The Kier molecular flexibility index (Phi) is 7.56. The summed E-state index contributed by atoms with van der Waals surface area (Å²) in [4.78, 5) is 0. The van der Waals surface area contributed by atoms with Gasteiger partial charge in [0, 0.05) is 0 Å². The van der Waals surface area contributed by atoms with Crippen molar-refractivity contribution in [2.24, 2.45) is 58.2 Å². The van der Waals surface area contributed by atoms with Crippen molar-refractivity contribution in [2.45, 2.75) is 125 Å². The van der Waals surface area contributed by atoms with Crippen LogP contribution in [0.15, 0.2) is 12.2 Å². The smallest absolute Gasteiger partial charge is 0.0574 e. The van der Waals surface area contributed by atoms with E-state index in [1.165, 1.54) is 64.2 Å². The minimum Gasteiger partial charge on any atom is -0.393 e.